The van der Waals surface area contributed by atoms with Gasteiger partial charge in [0, 0.05) is 17.6 Å². The minimum absolute atomic E-state index is 0.161. The fourth-order valence-electron chi connectivity index (χ4n) is 1.65. The molecule has 0 saturated carbocycles. The van der Waals surface area contributed by atoms with Crippen molar-refractivity contribution in [1.29, 1.82) is 0 Å². The molecular weight excluding hydrogens is 290 g/mol. The van der Waals surface area contributed by atoms with Gasteiger partial charge in [-0.3, -0.25) is 0 Å². The average molecular weight is 309 g/mol. The molecule has 4 nitrogen and oxygen atoms in total. The van der Waals surface area contributed by atoms with Gasteiger partial charge in [-0.25, -0.2) is 4.98 Å². The van der Waals surface area contributed by atoms with Crippen LogP contribution in [0.15, 0.2) is 36.5 Å². The van der Waals surface area contributed by atoms with Crippen LogP contribution in [-0.4, -0.2) is 14.3 Å². The molecule has 0 amide bonds. The van der Waals surface area contributed by atoms with Gasteiger partial charge < -0.3 is 10.3 Å². The van der Waals surface area contributed by atoms with Crippen LogP contribution in [0.2, 0.25) is 0 Å². The summed E-state index contributed by atoms with van der Waals surface area (Å²) in [5.74, 6) is 0. The number of nitrogens with two attached hydrogens (primary N) is 1. The predicted octanol–water partition coefficient (Wildman–Crippen LogP) is 2.87. The highest BCUT2D eigenvalue weighted by Crippen LogP contribution is 2.30. The van der Waals surface area contributed by atoms with Crippen LogP contribution in [0.25, 0.3) is 0 Å². The first-order valence-corrected chi connectivity index (χ1v) is 8.29. The number of hydrogen-bond donors (Lipinski definition) is 2. The van der Waals surface area contributed by atoms with Gasteiger partial charge in [0.2, 0.25) is 0 Å². The number of benzene rings is 1. The smallest absolute Gasteiger partial charge is 0.180 e. The molecule has 0 spiro atoms. The van der Waals surface area contributed by atoms with Crippen LogP contribution < -0.4 is 10.5 Å². The Morgan fingerprint density at radius 3 is 2.45 bits per heavy atom. The van der Waals surface area contributed by atoms with Gasteiger partial charge in [-0.05, 0) is 26.3 Å². The molecule has 0 bridgehead atoms. The molecule has 1 heterocycles. The zero-order chi connectivity index (χ0) is 14.8. The molecule has 108 valence electrons. The van der Waals surface area contributed by atoms with E-state index in [1.54, 1.807) is 6.20 Å². The minimum Gasteiger partial charge on any atom is -0.598 e. The Hall–Kier alpha value is -1.08. The van der Waals surface area contributed by atoms with Crippen LogP contribution in [0.1, 0.15) is 37.3 Å². The van der Waals surface area contributed by atoms with Crippen LogP contribution in [0.4, 0.5) is 5.13 Å². The molecule has 0 saturated heterocycles. The zero-order valence-corrected chi connectivity index (χ0v) is 13.4. The van der Waals surface area contributed by atoms with Crippen LogP contribution in [-0.2, 0) is 11.4 Å². The number of anilines is 1. The summed E-state index contributed by atoms with van der Waals surface area (Å²) in [7, 11) is 0. The molecule has 1 aromatic heterocycles. The third kappa shape index (κ3) is 3.73. The topological polar surface area (TPSA) is 74.0 Å². The van der Waals surface area contributed by atoms with Crippen LogP contribution >= 0.6 is 11.3 Å². The molecule has 6 heteroatoms. The molecule has 2 rings (SSSR count). The predicted molar refractivity (Wildman–Crippen MR) is 85.8 cm³/mol. The van der Waals surface area contributed by atoms with E-state index in [9.17, 15) is 4.55 Å². The van der Waals surface area contributed by atoms with Gasteiger partial charge in [0.1, 0.15) is 10.8 Å². The monoisotopic (exact) mass is 309 g/mol. The van der Waals surface area contributed by atoms with Crippen molar-refractivity contribution >= 4 is 27.8 Å². The minimum atomic E-state index is -1.17. The quantitative estimate of drug-likeness (QED) is 0.852. The largest absolute Gasteiger partial charge is 0.598 e. The molecule has 0 radical (unpaired) electrons. The van der Waals surface area contributed by atoms with Crippen molar-refractivity contribution in [2.75, 3.05) is 5.73 Å². The van der Waals surface area contributed by atoms with Gasteiger partial charge in [-0.2, -0.15) is 0 Å². The highest BCUT2D eigenvalue weighted by molar-refractivity contribution is 7.90. The molecule has 0 aliphatic heterocycles. The molecular formula is C14H19N3OS2. The first-order chi connectivity index (χ1) is 9.38. The number of rotatable bonds is 4. The Bertz CT molecular complexity index is 551. The van der Waals surface area contributed by atoms with Crippen molar-refractivity contribution in [3.05, 3.63) is 47.0 Å². The zero-order valence-electron chi connectivity index (χ0n) is 11.8. The second kappa shape index (κ2) is 6.13. The Morgan fingerprint density at radius 2 is 1.95 bits per heavy atom. The molecule has 20 heavy (non-hydrogen) atoms. The highest BCUT2D eigenvalue weighted by atomic mass is 32.2. The third-order valence-corrected chi connectivity index (χ3v) is 5.19. The molecule has 0 fully saturated rings. The van der Waals surface area contributed by atoms with Crippen LogP contribution in [0.3, 0.4) is 0 Å². The van der Waals surface area contributed by atoms with Crippen LogP contribution in [0.5, 0.6) is 0 Å². The number of thiazole rings is 1. The summed E-state index contributed by atoms with van der Waals surface area (Å²) in [4.78, 5) is 5.05. The van der Waals surface area contributed by atoms with E-state index in [-0.39, 0.29) is 10.8 Å². The second-order valence-corrected chi connectivity index (χ2v) is 8.54. The molecule has 0 aliphatic rings. The van der Waals surface area contributed by atoms with E-state index in [4.69, 9.17) is 5.73 Å². The molecule has 1 aromatic carbocycles. The summed E-state index contributed by atoms with van der Waals surface area (Å²) in [5, 5.41) is 0.518. The van der Waals surface area contributed by atoms with Gasteiger partial charge in [0.15, 0.2) is 5.13 Å². The normalized spacial score (nSPS) is 15.0. The number of hydrogen-bond acceptors (Lipinski definition) is 5. The maximum absolute atomic E-state index is 12.4. The van der Waals surface area contributed by atoms with Crippen molar-refractivity contribution in [3.8, 4) is 0 Å². The second-order valence-electron chi connectivity index (χ2n) is 5.44. The van der Waals surface area contributed by atoms with Gasteiger partial charge in [0.05, 0.1) is 4.88 Å². The Balaban J connectivity index is 2.30. The lowest BCUT2D eigenvalue weighted by atomic mass is 10.1. The van der Waals surface area contributed by atoms with Gasteiger partial charge in [0.25, 0.3) is 0 Å². The summed E-state index contributed by atoms with van der Waals surface area (Å²) in [6, 6.07) is 9.75. The lowest BCUT2D eigenvalue weighted by Crippen LogP contribution is -2.41. The Kier molecular flexibility index (Phi) is 4.70. The van der Waals surface area contributed by atoms with Crippen molar-refractivity contribution in [2.24, 2.45) is 0 Å². The maximum Gasteiger partial charge on any atom is 0.180 e. The van der Waals surface area contributed by atoms with E-state index in [0.29, 0.717) is 5.13 Å². The first-order valence-electron chi connectivity index (χ1n) is 6.32. The SMILES string of the molecule is CC(C)(C)[S@+]([O-])N[C@@H](c1ccccc1)c1cnc(N)s1. The van der Waals surface area contributed by atoms with Crippen molar-refractivity contribution < 1.29 is 4.55 Å². The van der Waals surface area contributed by atoms with Gasteiger partial charge in [-0.1, -0.05) is 30.3 Å². The first kappa shape index (κ1) is 15.3. The van der Waals surface area contributed by atoms with Crippen molar-refractivity contribution in [2.45, 2.75) is 31.6 Å². The number of nitrogens with one attached hydrogen (secondary N) is 1. The summed E-state index contributed by atoms with van der Waals surface area (Å²) in [6.07, 6.45) is 1.74. The van der Waals surface area contributed by atoms with E-state index in [0.717, 1.165) is 10.4 Å². The summed E-state index contributed by atoms with van der Waals surface area (Å²) >= 11 is 0.242. The summed E-state index contributed by atoms with van der Waals surface area (Å²) in [6.45, 7) is 5.83. The molecule has 2 aromatic rings. The standard InChI is InChI=1S/C14H19N3OS2/c1-14(2,3)20(18)17-12(10-7-5-4-6-8-10)11-9-16-13(15)19-11/h4-9,12,17H,1-3H3,(H2,15,16)/t12-,20-/m0/s1. The van der Waals surface area contributed by atoms with E-state index >= 15 is 0 Å². The van der Waals surface area contributed by atoms with Gasteiger partial charge in [-0.15, -0.1) is 16.1 Å². The van der Waals surface area contributed by atoms with E-state index in [1.807, 2.05) is 51.1 Å². The molecule has 0 aliphatic carbocycles. The van der Waals surface area contributed by atoms with Gasteiger partial charge >= 0.3 is 0 Å². The molecule has 3 N–H and O–H groups in total. The number of nitrogens with zero attached hydrogens (tertiary/aromatic N) is 1. The van der Waals surface area contributed by atoms with Crippen molar-refractivity contribution in [1.82, 2.24) is 9.71 Å². The average Bonchev–Trinajstić information content (AvgIpc) is 2.82. The molecule has 2 atom stereocenters. The van der Waals surface area contributed by atoms with E-state index < -0.39 is 11.4 Å². The van der Waals surface area contributed by atoms with Crippen molar-refractivity contribution in [3.63, 3.8) is 0 Å². The fourth-order valence-corrected chi connectivity index (χ4v) is 3.32. The van der Waals surface area contributed by atoms with E-state index in [2.05, 4.69) is 9.71 Å². The highest BCUT2D eigenvalue weighted by Gasteiger charge is 2.31. The summed E-state index contributed by atoms with van der Waals surface area (Å²) < 4.78 is 15.2. The van der Waals surface area contributed by atoms with E-state index in [1.165, 1.54) is 11.3 Å². The lowest BCUT2D eigenvalue weighted by Gasteiger charge is -2.27. The fraction of sp³-hybridized carbons (Fsp3) is 0.357. The number of nitrogen functional groups attached to an aromatic ring is 1. The Labute approximate surface area is 126 Å². The third-order valence-electron chi connectivity index (χ3n) is 2.74. The lowest BCUT2D eigenvalue weighted by molar-refractivity contribution is 0.536. The maximum atomic E-state index is 12.4. The van der Waals surface area contributed by atoms with Crippen LogP contribution in [0, 0.1) is 0 Å². The Morgan fingerprint density at radius 1 is 1.30 bits per heavy atom. The summed E-state index contributed by atoms with van der Waals surface area (Å²) in [5.41, 5.74) is 6.76. The molecule has 0 unspecified atom stereocenters. The number of aromatic nitrogens is 1.